The first-order valence-corrected chi connectivity index (χ1v) is 19.8. The van der Waals surface area contributed by atoms with Crippen molar-refractivity contribution in [3.8, 4) is 0 Å². The number of carbonyl (C=O) groups is 2. The van der Waals surface area contributed by atoms with Crippen LogP contribution in [0.2, 0.25) is 39.3 Å². The summed E-state index contributed by atoms with van der Waals surface area (Å²) in [5.74, 6) is -1.05. The van der Waals surface area contributed by atoms with E-state index in [1.165, 1.54) is 12.1 Å². The van der Waals surface area contributed by atoms with Gasteiger partial charge in [-0.15, -0.1) is 0 Å². The van der Waals surface area contributed by atoms with Gasteiger partial charge in [-0.05, 0) is 75.7 Å². The maximum absolute atomic E-state index is 13.4. The van der Waals surface area contributed by atoms with Gasteiger partial charge in [-0.1, -0.05) is 13.8 Å². The van der Waals surface area contributed by atoms with E-state index in [0.717, 1.165) is 0 Å². The number of Topliss-reactive ketones (excluding diaryl/α,β-unsaturated/α-hetero) is 2. The van der Waals surface area contributed by atoms with E-state index in [4.69, 9.17) is 8.85 Å². The first-order valence-electron chi connectivity index (χ1n) is 13.0. The Kier molecular flexibility index (Phi) is 8.77. The molecule has 0 aliphatic carbocycles. The molecule has 0 fully saturated rings. The van der Waals surface area contributed by atoms with Crippen LogP contribution < -0.4 is 10.9 Å². The molecular weight excluding hydrogens is 514 g/mol. The summed E-state index contributed by atoms with van der Waals surface area (Å²) in [6.45, 7) is 16.6. The summed E-state index contributed by atoms with van der Waals surface area (Å²) in [6, 6.07) is 9.78. The van der Waals surface area contributed by atoms with Crippen molar-refractivity contribution in [3.05, 3.63) is 68.0 Å². The minimum absolute atomic E-state index is 0.141. The first-order chi connectivity index (χ1) is 17.5. The minimum atomic E-state index is -1.78. The SMILES string of the molecule is CC(CO[Si](C)(C)C)C(=O)c1ccc2c(c1)c(=O)c(=O)c1cc(C(=O)C(C)CO[Si](C)(C)C)ccc1n2C. The van der Waals surface area contributed by atoms with Gasteiger partial charge in [0.2, 0.25) is 10.9 Å². The van der Waals surface area contributed by atoms with E-state index < -0.39 is 27.5 Å². The summed E-state index contributed by atoms with van der Waals surface area (Å²) in [6.07, 6.45) is 0. The monoisotopic (exact) mass is 553 g/mol. The lowest BCUT2D eigenvalue weighted by molar-refractivity contribution is 0.0878. The van der Waals surface area contributed by atoms with Gasteiger partial charge < -0.3 is 13.4 Å². The second-order valence-corrected chi connectivity index (χ2v) is 21.1. The molecule has 0 bridgehead atoms. The van der Waals surface area contributed by atoms with Gasteiger partial charge in [0.25, 0.3) is 0 Å². The highest BCUT2D eigenvalue weighted by atomic mass is 28.4. The van der Waals surface area contributed by atoms with Gasteiger partial charge in [0.15, 0.2) is 28.2 Å². The molecule has 1 aromatic heterocycles. The smallest absolute Gasteiger partial charge is 0.235 e. The highest BCUT2D eigenvalue weighted by Crippen LogP contribution is 2.21. The largest absolute Gasteiger partial charge is 0.417 e. The summed E-state index contributed by atoms with van der Waals surface area (Å²) in [7, 11) is -1.80. The predicted molar refractivity (Wildman–Crippen MR) is 159 cm³/mol. The van der Waals surface area contributed by atoms with E-state index >= 15 is 0 Å². The number of fused-ring (bicyclic) bond motifs is 2. The van der Waals surface area contributed by atoms with Crippen molar-refractivity contribution in [2.45, 2.75) is 53.1 Å². The average molecular weight is 554 g/mol. The van der Waals surface area contributed by atoms with Gasteiger partial charge in [-0.25, -0.2) is 0 Å². The molecule has 2 aromatic carbocycles. The number of aromatic nitrogens is 1. The molecule has 0 aliphatic heterocycles. The van der Waals surface area contributed by atoms with Crippen molar-refractivity contribution >= 4 is 50.0 Å². The van der Waals surface area contributed by atoms with Crippen molar-refractivity contribution < 1.29 is 18.4 Å². The quantitative estimate of drug-likeness (QED) is 0.190. The van der Waals surface area contributed by atoms with Crippen LogP contribution in [0.25, 0.3) is 21.8 Å². The van der Waals surface area contributed by atoms with Crippen molar-refractivity contribution in [3.63, 3.8) is 0 Å². The average Bonchev–Trinajstić information content (AvgIpc) is 2.93. The van der Waals surface area contributed by atoms with Crippen LogP contribution in [0.4, 0.5) is 0 Å². The number of nitrogens with zero attached hydrogens (tertiary/aromatic N) is 1. The molecule has 9 heteroatoms. The lowest BCUT2D eigenvalue weighted by Crippen LogP contribution is -2.30. The third kappa shape index (κ3) is 6.82. The van der Waals surface area contributed by atoms with Gasteiger partial charge in [-0.3, -0.25) is 19.2 Å². The maximum atomic E-state index is 13.4. The Hall–Kier alpha value is -2.73. The van der Waals surface area contributed by atoms with Crippen LogP contribution in [0, 0.1) is 11.8 Å². The van der Waals surface area contributed by atoms with Crippen LogP contribution in [-0.2, 0) is 15.9 Å². The molecule has 0 N–H and O–H groups in total. The maximum Gasteiger partial charge on any atom is 0.235 e. The van der Waals surface area contributed by atoms with Gasteiger partial charge in [0.1, 0.15) is 0 Å². The molecule has 204 valence electrons. The molecular formula is C29H39NO6Si2. The Morgan fingerprint density at radius 2 is 1.05 bits per heavy atom. The fraction of sp³-hybridized carbons (Fsp3) is 0.448. The highest BCUT2D eigenvalue weighted by molar-refractivity contribution is 6.70. The normalized spacial score (nSPS) is 14.0. The van der Waals surface area contributed by atoms with Crippen molar-refractivity contribution in [2.24, 2.45) is 18.9 Å². The second-order valence-electron chi connectivity index (χ2n) is 12.1. The van der Waals surface area contributed by atoms with E-state index in [0.29, 0.717) is 35.4 Å². The third-order valence-electron chi connectivity index (χ3n) is 6.41. The molecule has 0 radical (unpaired) electrons. The zero-order valence-corrected chi connectivity index (χ0v) is 25.9. The van der Waals surface area contributed by atoms with Gasteiger partial charge in [-0.2, -0.15) is 0 Å². The summed E-state index contributed by atoms with van der Waals surface area (Å²) < 4.78 is 13.6. The molecule has 0 saturated heterocycles. The number of aryl methyl sites for hydroxylation is 1. The Labute approximate surface area is 226 Å². The Morgan fingerprint density at radius 1 is 0.711 bits per heavy atom. The number of carbonyl (C=O) groups excluding carboxylic acids is 2. The molecule has 3 aromatic rings. The number of rotatable bonds is 10. The standard InChI is InChI=1S/C29H39NO6Si2/c1-18(16-35-37(4,5)6)26(31)20-10-12-24-22(14-20)28(33)29(34)23-15-21(11-13-25(23)30(24)3)27(32)19(2)17-36-38(7,8)9/h10-15,18-19H,16-17H2,1-9H3. The molecule has 1 heterocycles. The van der Waals surface area contributed by atoms with Crippen LogP contribution in [-0.4, -0.2) is 46.0 Å². The number of hydrogen-bond acceptors (Lipinski definition) is 6. The Morgan fingerprint density at radius 3 is 1.37 bits per heavy atom. The molecule has 0 spiro atoms. The fourth-order valence-electron chi connectivity index (χ4n) is 4.17. The lowest BCUT2D eigenvalue weighted by Gasteiger charge is -2.20. The summed E-state index contributed by atoms with van der Waals surface area (Å²) in [5, 5.41) is 0.338. The van der Waals surface area contributed by atoms with Gasteiger partial charge in [0.05, 0.1) is 21.8 Å². The Balaban J connectivity index is 2.08. The van der Waals surface area contributed by atoms with E-state index in [9.17, 15) is 19.2 Å². The zero-order chi connectivity index (χ0) is 28.6. The predicted octanol–water partition coefficient (Wildman–Crippen LogP) is 5.39. The molecule has 2 atom stereocenters. The summed E-state index contributed by atoms with van der Waals surface area (Å²) in [4.78, 5) is 52.9. The van der Waals surface area contributed by atoms with E-state index in [1.54, 1.807) is 49.7 Å². The molecule has 0 aliphatic rings. The van der Waals surface area contributed by atoms with Crippen molar-refractivity contribution in [2.75, 3.05) is 13.2 Å². The molecule has 7 nitrogen and oxygen atoms in total. The first kappa shape index (κ1) is 29.8. The van der Waals surface area contributed by atoms with Crippen molar-refractivity contribution in [1.82, 2.24) is 4.57 Å². The number of hydrogen-bond donors (Lipinski definition) is 0. The van der Waals surface area contributed by atoms with Crippen LogP contribution in [0.15, 0.2) is 46.0 Å². The molecule has 0 saturated carbocycles. The summed E-state index contributed by atoms with van der Waals surface area (Å²) in [5.41, 5.74) is 0.379. The lowest BCUT2D eigenvalue weighted by atomic mass is 9.98. The van der Waals surface area contributed by atoms with Crippen LogP contribution in [0.5, 0.6) is 0 Å². The van der Waals surface area contributed by atoms with Gasteiger partial charge in [0, 0.05) is 43.2 Å². The highest BCUT2D eigenvalue weighted by Gasteiger charge is 2.23. The van der Waals surface area contributed by atoms with E-state index in [2.05, 4.69) is 39.3 Å². The topological polar surface area (TPSA) is 91.7 Å². The van der Waals surface area contributed by atoms with E-state index in [-0.39, 0.29) is 34.2 Å². The molecule has 3 rings (SSSR count). The van der Waals surface area contributed by atoms with Crippen LogP contribution in [0.3, 0.4) is 0 Å². The molecule has 2 unspecified atom stereocenters. The van der Waals surface area contributed by atoms with Crippen LogP contribution >= 0.6 is 0 Å². The Bertz CT molecular complexity index is 1400. The molecule has 0 amide bonds. The minimum Gasteiger partial charge on any atom is -0.417 e. The number of ketones is 2. The fourth-order valence-corrected chi connectivity index (χ4v) is 5.67. The number of benzene rings is 2. The van der Waals surface area contributed by atoms with E-state index in [1.807, 2.05) is 0 Å². The van der Waals surface area contributed by atoms with Crippen molar-refractivity contribution in [1.29, 1.82) is 0 Å². The summed E-state index contributed by atoms with van der Waals surface area (Å²) >= 11 is 0. The third-order valence-corrected chi connectivity index (χ3v) is 8.47. The van der Waals surface area contributed by atoms with Crippen LogP contribution in [0.1, 0.15) is 34.6 Å². The zero-order valence-electron chi connectivity index (χ0n) is 23.9. The molecule has 38 heavy (non-hydrogen) atoms. The van der Waals surface area contributed by atoms with Gasteiger partial charge >= 0.3 is 0 Å². The second kappa shape index (κ2) is 11.2.